The third-order valence-electron chi connectivity index (χ3n) is 3.71. The van der Waals surface area contributed by atoms with Crippen LogP contribution in [-0.2, 0) is 0 Å². The number of amides is 1. The molecule has 0 aliphatic heterocycles. The Morgan fingerprint density at radius 2 is 1.92 bits per heavy atom. The number of carbonyl (C=O) groups excluding carboxylic acids is 1. The molecule has 1 heterocycles. The van der Waals surface area contributed by atoms with Gasteiger partial charge in [-0.05, 0) is 23.8 Å². The van der Waals surface area contributed by atoms with Crippen LogP contribution in [-0.4, -0.2) is 54.7 Å². The van der Waals surface area contributed by atoms with Gasteiger partial charge >= 0.3 is 0 Å². The maximum atomic E-state index is 12.6. The molecule has 1 N–H and O–H groups in total. The highest BCUT2D eigenvalue weighted by molar-refractivity contribution is 5.95. The minimum atomic E-state index is -0.164. The number of aromatic nitrogens is 1. The van der Waals surface area contributed by atoms with E-state index in [0.29, 0.717) is 12.1 Å². The van der Waals surface area contributed by atoms with Crippen LogP contribution in [0.1, 0.15) is 10.4 Å². The second kappa shape index (κ2) is 8.26. The van der Waals surface area contributed by atoms with Gasteiger partial charge in [-0.2, -0.15) is 0 Å². The van der Waals surface area contributed by atoms with Gasteiger partial charge in [0.05, 0.1) is 12.2 Å². The number of anilines is 1. The summed E-state index contributed by atoms with van der Waals surface area (Å²) < 4.78 is 0. The molecular formula is C19H23N3O2. The summed E-state index contributed by atoms with van der Waals surface area (Å²) in [6.07, 6.45) is 4.93. The van der Waals surface area contributed by atoms with E-state index < -0.39 is 0 Å². The molecule has 0 saturated heterocycles. The summed E-state index contributed by atoms with van der Waals surface area (Å²) in [7, 11) is 3.98. The first-order valence-corrected chi connectivity index (χ1v) is 7.80. The normalized spacial score (nSPS) is 10.3. The maximum Gasteiger partial charge on any atom is 0.255 e. The van der Waals surface area contributed by atoms with E-state index in [0.717, 1.165) is 16.8 Å². The molecule has 0 bridgehead atoms. The van der Waals surface area contributed by atoms with E-state index in [1.807, 2.05) is 49.3 Å². The van der Waals surface area contributed by atoms with Crippen molar-refractivity contribution in [2.24, 2.45) is 0 Å². The van der Waals surface area contributed by atoms with E-state index in [4.69, 9.17) is 5.11 Å². The second-order valence-electron chi connectivity index (χ2n) is 5.67. The number of benzene rings is 1. The van der Waals surface area contributed by atoms with Crippen LogP contribution in [0.4, 0.5) is 5.69 Å². The lowest BCUT2D eigenvalue weighted by molar-refractivity contribution is 0.0742. The minimum Gasteiger partial charge on any atom is -0.395 e. The standard InChI is InChI=1S/C19H23N3O2/c1-4-9-22(10-11-23)19(24)17-12-16(13-20-14-17)15-5-7-18(8-6-15)21(2)3/h4-8,12-14,23H,1,9-11H2,2-3H3. The molecule has 0 aliphatic rings. The monoisotopic (exact) mass is 325 g/mol. The van der Waals surface area contributed by atoms with E-state index in [-0.39, 0.29) is 19.1 Å². The molecule has 0 fully saturated rings. The first-order chi connectivity index (χ1) is 11.6. The number of carbonyl (C=O) groups is 1. The van der Waals surface area contributed by atoms with E-state index in [2.05, 4.69) is 11.6 Å². The molecule has 2 aromatic rings. The highest BCUT2D eigenvalue weighted by atomic mass is 16.3. The fourth-order valence-corrected chi connectivity index (χ4v) is 2.40. The summed E-state index contributed by atoms with van der Waals surface area (Å²) in [6.45, 7) is 4.23. The van der Waals surface area contributed by atoms with E-state index >= 15 is 0 Å². The zero-order valence-electron chi connectivity index (χ0n) is 14.1. The van der Waals surface area contributed by atoms with Crippen LogP contribution < -0.4 is 4.90 Å². The number of aliphatic hydroxyl groups excluding tert-OH is 1. The number of hydrogen-bond acceptors (Lipinski definition) is 4. The number of pyridine rings is 1. The zero-order valence-corrected chi connectivity index (χ0v) is 14.1. The third kappa shape index (κ3) is 4.20. The molecule has 0 unspecified atom stereocenters. The first-order valence-electron chi connectivity index (χ1n) is 7.80. The van der Waals surface area contributed by atoms with Gasteiger partial charge in [0.25, 0.3) is 5.91 Å². The van der Waals surface area contributed by atoms with Crippen molar-refractivity contribution in [3.8, 4) is 11.1 Å². The van der Waals surface area contributed by atoms with Crippen LogP contribution in [0.25, 0.3) is 11.1 Å². The van der Waals surface area contributed by atoms with Crippen molar-refractivity contribution >= 4 is 11.6 Å². The molecule has 1 amide bonds. The average molecular weight is 325 g/mol. The molecule has 5 heteroatoms. The predicted octanol–water partition coefficient (Wildman–Crippen LogP) is 2.44. The smallest absolute Gasteiger partial charge is 0.255 e. The average Bonchev–Trinajstić information content (AvgIpc) is 2.61. The molecule has 126 valence electrons. The molecule has 24 heavy (non-hydrogen) atoms. The van der Waals surface area contributed by atoms with Crippen molar-refractivity contribution < 1.29 is 9.90 Å². The van der Waals surface area contributed by atoms with Crippen LogP contribution in [0.2, 0.25) is 0 Å². The Bertz CT molecular complexity index is 696. The van der Waals surface area contributed by atoms with Gasteiger partial charge in [0.1, 0.15) is 0 Å². The molecule has 0 atom stereocenters. The van der Waals surface area contributed by atoms with Gasteiger partial charge < -0.3 is 14.9 Å². The summed E-state index contributed by atoms with van der Waals surface area (Å²) in [5.74, 6) is -0.164. The molecule has 1 aromatic heterocycles. The van der Waals surface area contributed by atoms with Gasteiger partial charge in [-0.1, -0.05) is 18.2 Å². The molecule has 5 nitrogen and oxygen atoms in total. The maximum absolute atomic E-state index is 12.6. The number of nitrogens with zero attached hydrogens (tertiary/aromatic N) is 3. The highest BCUT2D eigenvalue weighted by Crippen LogP contribution is 2.23. The Morgan fingerprint density at radius 3 is 2.50 bits per heavy atom. The number of hydrogen-bond donors (Lipinski definition) is 1. The van der Waals surface area contributed by atoms with Gasteiger partial charge in [0.2, 0.25) is 0 Å². The predicted molar refractivity (Wildman–Crippen MR) is 97.2 cm³/mol. The lowest BCUT2D eigenvalue weighted by Gasteiger charge is -2.20. The van der Waals surface area contributed by atoms with Crippen molar-refractivity contribution in [2.45, 2.75) is 0 Å². The van der Waals surface area contributed by atoms with Gasteiger partial charge in [-0.15, -0.1) is 6.58 Å². The Hall–Kier alpha value is -2.66. The molecule has 1 aromatic carbocycles. The summed E-state index contributed by atoms with van der Waals surface area (Å²) in [5, 5.41) is 9.11. The van der Waals surface area contributed by atoms with Crippen molar-refractivity contribution in [1.29, 1.82) is 0 Å². The number of rotatable bonds is 7. The highest BCUT2D eigenvalue weighted by Gasteiger charge is 2.15. The SMILES string of the molecule is C=CCN(CCO)C(=O)c1cncc(-c2ccc(N(C)C)cc2)c1. The second-order valence-corrected chi connectivity index (χ2v) is 5.67. The van der Waals surface area contributed by atoms with E-state index in [1.54, 1.807) is 23.4 Å². The molecule has 0 spiro atoms. The van der Waals surface area contributed by atoms with Crippen molar-refractivity contribution in [2.75, 3.05) is 38.7 Å². The fraction of sp³-hybridized carbons (Fsp3) is 0.263. The van der Waals surface area contributed by atoms with E-state index in [1.165, 1.54) is 0 Å². The van der Waals surface area contributed by atoms with Gasteiger partial charge in [0, 0.05) is 50.8 Å². The van der Waals surface area contributed by atoms with E-state index in [9.17, 15) is 4.79 Å². The van der Waals surface area contributed by atoms with Crippen LogP contribution in [0.5, 0.6) is 0 Å². The molecule has 0 aliphatic carbocycles. The van der Waals surface area contributed by atoms with Gasteiger partial charge in [-0.3, -0.25) is 9.78 Å². The van der Waals surface area contributed by atoms with Crippen LogP contribution in [0, 0.1) is 0 Å². The quantitative estimate of drug-likeness (QED) is 0.795. The van der Waals surface area contributed by atoms with Crippen LogP contribution in [0.15, 0.2) is 55.4 Å². The lowest BCUT2D eigenvalue weighted by Crippen LogP contribution is -2.33. The molecular weight excluding hydrogens is 302 g/mol. The van der Waals surface area contributed by atoms with Crippen molar-refractivity contribution in [3.63, 3.8) is 0 Å². The van der Waals surface area contributed by atoms with Crippen molar-refractivity contribution in [1.82, 2.24) is 9.88 Å². The zero-order chi connectivity index (χ0) is 17.5. The van der Waals surface area contributed by atoms with Gasteiger partial charge in [0.15, 0.2) is 0 Å². The summed E-state index contributed by atoms with van der Waals surface area (Å²) >= 11 is 0. The Balaban J connectivity index is 2.27. The van der Waals surface area contributed by atoms with Gasteiger partial charge in [-0.25, -0.2) is 0 Å². The number of aliphatic hydroxyl groups is 1. The minimum absolute atomic E-state index is 0.0846. The third-order valence-corrected chi connectivity index (χ3v) is 3.71. The first kappa shape index (κ1) is 17.7. The molecule has 0 saturated carbocycles. The van der Waals surface area contributed by atoms with Crippen LogP contribution >= 0.6 is 0 Å². The summed E-state index contributed by atoms with van der Waals surface area (Å²) in [5.41, 5.74) is 3.49. The largest absolute Gasteiger partial charge is 0.395 e. The summed E-state index contributed by atoms with van der Waals surface area (Å²) in [6, 6.07) is 9.90. The molecule has 2 rings (SSSR count). The summed E-state index contributed by atoms with van der Waals surface area (Å²) in [4.78, 5) is 20.3. The molecule has 0 radical (unpaired) electrons. The van der Waals surface area contributed by atoms with Crippen LogP contribution in [0.3, 0.4) is 0 Å². The Labute approximate surface area is 142 Å². The Kier molecular flexibility index (Phi) is 6.09. The van der Waals surface area contributed by atoms with Crippen molar-refractivity contribution in [3.05, 3.63) is 60.9 Å². The fourth-order valence-electron chi connectivity index (χ4n) is 2.40. The lowest BCUT2D eigenvalue weighted by atomic mass is 10.0. The Morgan fingerprint density at radius 1 is 1.21 bits per heavy atom. The topological polar surface area (TPSA) is 56.7 Å².